The standard InChI is InChI=1S/C15H24N4O.ClH/c1-2-3-4-5-6-7-8-9-11-12-13(18-10-17-12)15(20)19-14(11)16;/h10H,2-9H2,1H3,(H,17,18)(H3,16,19,20);1H. The number of aromatic nitrogens is 3. The van der Waals surface area contributed by atoms with Crippen molar-refractivity contribution < 1.29 is 0 Å². The summed E-state index contributed by atoms with van der Waals surface area (Å²) in [5, 5.41) is 0. The lowest BCUT2D eigenvalue weighted by molar-refractivity contribution is 0.590. The van der Waals surface area contributed by atoms with Gasteiger partial charge in [0.15, 0.2) is 0 Å². The highest BCUT2D eigenvalue weighted by molar-refractivity contribution is 5.85. The summed E-state index contributed by atoms with van der Waals surface area (Å²) in [5.74, 6) is 0.459. The van der Waals surface area contributed by atoms with Crippen LogP contribution in [0.15, 0.2) is 11.1 Å². The molecule has 2 rings (SSSR count). The number of anilines is 1. The molecular formula is C15H25ClN4O. The van der Waals surface area contributed by atoms with E-state index in [9.17, 15) is 4.79 Å². The quantitative estimate of drug-likeness (QED) is 0.651. The molecule has 0 unspecified atom stereocenters. The molecule has 0 bridgehead atoms. The van der Waals surface area contributed by atoms with E-state index >= 15 is 0 Å². The summed E-state index contributed by atoms with van der Waals surface area (Å²) in [4.78, 5) is 21.5. The Labute approximate surface area is 131 Å². The van der Waals surface area contributed by atoms with Crippen LogP contribution in [-0.2, 0) is 6.42 Å². The second kappa shape index (κ2) is 8.72. The highest BCUT2D eigenvalue weighted by Crippen LogP contribution is 2.19. The Morgan fingerprint density at radius 1 is 1.14 bits per heavy atom. The molecule has 0 radical (unpaired) electrons. The molecule has 0 aliphatic carbocycles. The van der Waals surface area contributed by atoms with Gasteiger partial charge in [0.2, 0.25) is 0 Å². The fourth-order valence-corrected chi connectivity index (χ4v) is 2.60. The minimum atomic E-state index is -0.196. The third-order valence-corrected chi connectivity index (χ3v) is 3.76. The SMILES string of the molecule is CCCCCCCCCc1c(N)[nH]c(=O)c2[nH]cnc12.Cl. The van der Waals surface area contributed by atoms with Crippen LogP contribution in [-0.4, -0.2) is 15.0 Å². The summed E-state index contributed by atoms with van der Waals surface area (Å²) >= 11 is 0. The van der Waals surface area contributed by atoms with Gasteiger partial charge in [0.05, 0.1) is 6.33 Å². The van der Waals surface area contributed by atoms with Crippen molar-refractivity contribution in [2.24, 2.45) is 0 Å². The summed E-state index contributed by atoms with van der Waals surface area (Å²) in [5.41, 5.74) is 7.93. The number of hydrogen-bond donors (Lipinski definition) is 3. The molecule has 0 aromatic carbocycles. The monoisotopic (exact) mass is 312 g/mol. The van der Waals surface area contributed by atoms with Crippen LogP contribution in [0.4, 0.5) is 5.82 Å². The second-order valence-electron chi connectivity index (χ2n) is 5.34. The molecule has 0 spiro atoms. The fourth-order valence-electron chi connectivity index (χ4n) is 2.60. The van der Waals surface area contributed by atoms with E-state index in [1.165, 1.54) is 38.5 Å². The van der Waals surface area contributed by atoms with Crippen LogP contribution in [0.2, 0.25) is 0 Å². The van der Waals surface area contributed by atoms with Gasteiger partial charge in [-0.25, -0.2) is 4.98 Å². The summed E-state index contributed by atoms with van der Waals surface area (Å²) in [6.07, 6.45) is 11.2. The zero-order valence-corrected chi connectivity index (χ0v) is 13.4. The molecule has 118 valence electrons. The van der Waals surface area contributed by atoms with E-state index in [2.05, 4.69) is 21.9 Å². The second-order valence-corrected chi connectivity index (χ2v) is 5.34. The summed E-state index contributed by atoms with van der Waals surface area (Å²) < 4.78 is 0. The predicted molar refractivity (Wildman–Crippen MR) is 90.1 cm³/mol. The zero-order chi connectivity index (χ0) is 14.4. The molecule has 0 saturated carbocycles. The number of hydrogen-bond acceptors (Lipinski definition) is 3. The minimum absolute atomic E-state index is 0. The largest absolute Gasteiger partial charge is 0.385 e. The van der Waals surface area contributed by atoms with Crippen LogP contribution in [0.1, 0.15) is 57.4 Å². The molecule has 0 saturated heterocycles. The van der Waals surface area contributed by atoms with Gasteiger partial charge in [-0.15, -0.1) is 12.4 Å². The summed E-state index contributed by atoms with van der Waals surface area (Å²) in [7, 11) is 0. The number of aromatic amines is 2. The number of nitrogens with two attached hydrogens (primary N) is 1. The lowest BCUT2D eigenvalue weighted by Crippen LogP contribution is -2.12. The first-order chi connectivity index (χ1) is 9.74. The Kier molecular flexibility index (Phi) is 7.29. The maximum Gasteiger partial charge on any atom is 0.275 e. The minimum Gasteiger partial charge on any atom is -0.385 e. The molecule has 5 nitrogen and oxygen atoms in total. The number of imidazole rings is 1. The topological polar surface area (TPSA) is 87.6 Å². The molecule has 6 heteroatoms. The van der Waals surface area contributed by atoms with Crippen molar-refractivity contribution in [2.45, 2.75) is 58.3 Å². The summed E-state index contributed by atoms with van der Waals surface area (Å²) in [6, 6.07) is 0. The molecule has 0 amide bonds. The lowest BCUT2D eigenvalue weighted by atomic mass is 10.0. The Bertz CT molecular complexity index is 605. The van der Waals surface area contributed by atoms with E-state index < -0.39 is 0 Å². The molecule has 4 N–H and O–H groups in total. The van der Waals surface area contributed by atoms with Crippen molar-refractivity contribution in [2.75, 3.05) is 5.73 Å². The normalized spacial score (nSPS) is 10.7. The van der Waals surface area contributed by atoms with Crippen LogP contribution in [0.3, 0.4) is 0 Å². The van der Waals surface area contributed by atoms with E-state index in [-0.39, 0.29) is 18.0 Å². The summed E-state index contributed by atoms with van der Waals surface area (Å²) in [6.45, 7) is 2.23. The van der Waals surface area contributed by atoms with Crippen LogP contribution < -0.4 is 11.3 Å². The predicted octanol–water partition coefficient (Wildman–Crippen LogP) is 3.55. The third kappa shape index (κ3) is 4.49. The Morgan fingerprint density at radius 3 is 2.52 bits per heavy atom. The number of nitrogen functional groups attached to an aromatic ring is 1. The van der Waals surface area contributed by atoms with Crippen molar-refractivity contribution in [1.29, 1.82) is 0 Å². The molecule has 2 heterocycles. The number of pyridine rings is 1. The van der Waals surface area contributed by atoms with Crippen molar-refractivity contribution in [1.82, 2.24) is 15.0 Å². The molecule has 2 aromatic rings. The number of fused-ring (bicyclic) bond motifs is 1. The maximum atomic E-state index is 11.7. The first-order valence-electron chi connectivity index (χ1n) is 7.57. The van der Waals surface area contributed by atoms with Gasteiger partial charge >= 0.3 is 0 Å². The van der Waals surface area contributed by atoms with E-state index in [4.69, 9.17) is 5.73 Å². The average Bonchev–Trinajstić information content (AvgIpc) is 2.90. The Morgan fingerprint density at radius 2 is 1.81 bits per heavy atom. The van der Waals surface area contributed by atoms with Crippen molar-refractivity contribution in [3.8, 4) is 0 Å². The van der Waals surface area contributed by atoms with E-state index in [1.807, 2.05) is 0 Å². The molecule has 0 fully saturated rings. The molecule has 0 aliphatic rings. The van der Waals surface area contributed by atoms with Gasteiger partial charge in [0, 0.05) is 5.56 Å². The maximum absolute atomic E-state index is 11.7. The average molecular weight is 313 g/mol. The third-order valence-electron chi connectivity index (χ3n) is 3.76. The van der Waals surface area contributed by atoms with Crippen molar-refractivity contribution in [3.05, 3.63) is 22.2 Å². The van der Waals surface area contributed by atoms with E-state index in [1.54, 1.807) is 6.33 Å². The van der Waals surface area contributed by atoms with Gasteiger partial charge in [0.1, 0.15) is 16.9 Å². The molecule has 21 heavy (non-hydrogen) atoms. The van der Waals surface area contributed by atoms with Crippen LogP contribution in [0.5, 0.6) is 0 Å². The zero-order valence-electron chi connectivity index (χ0n) is 12.6. The number of nitrogens with one attached hydrogen (secondary N) is 2. The Hall–Kier alpha value is -1.49. The van der Waals surface area contributed by atoms with E-state index in [0.29, 0.717) is 11.3 Å². The van der Waals surface area contributed by atoms with Gasteiger partial charge in [-0.3, -0.25) is 4.79 Å². The van der Waals surface area contributed by atoms with Gasteiger partial charge in [-0.05, 0) is 12.8 Å². The first-order valence-corrected chi connectivity index (χ1v) is 7.57. The molecular weight excluding hydrogens is 288 g/mol. The number of nitrogens with zero attached hydrogens (tertiary/aromatic N) is 1. The highest BCUT2D eigenvalue weighted by atomic mass is 35.5. The lowest BCUT2D eigenvalue weighted by Gasteiger charge is -2.06. The highest BCUT2D eigenvalue weighted by Gasteiger charge is 2.11. The Balaban J connectivity index is 0.00000220. The first kappa shape index (κ1) is 17.6. The van der Waals surface area contributed by atoms with Gasteiger partial charge in [-0.1, -0.05) is 45.4 Å². The number of halogens is 1. The van der Waals surface area contributed by atoms with Gasteiger partial charge in [-0.2, -0.15) is 0 Å². The van der Waals surface area contributed by atoms with Crippen LogP contribution in [0.25, 0.3) is 11.0 Å². The number of aryl methyl sites for hydroxylation is 1. The van der Waals surface area contributed by atoms with Gasteiger partial charge < -0.3 is 15.7 Å². The smallest absolute Gasteiger partial charge is 0.275 e. The molecule has 0 atom stereocenters. The van der Waals surface area contributed by atoms with Crippen molar-refractivity contribution in [3.63, 3.8) is 0 Å². The number of rotatable bonds is 8. The van der Waals surface area contributed by atoms with Crippen LogP contribution in [0, 0.1) is 0 Å². The van der Waals surface area contributed by atoms with Crippen molar-refractivity contribution >= 4 is 29.3 Å². The molecule has 0 aliphatic heterocycles. The number of H-pyrrole nitrogens is 2. The van der Waals surface area contributed by atoms with E-state index in [0.717, 1.165) is 23.9 Å². The molecule has 2 aromatic heterocycles. The van der Waals surface area contributed by atoms with Gasteiger partial charge in [0.25, 0.3) is 5.56 Å². The van der Waals surface area contributed by atoms with Crippen LogP contribution >= 0.6 is 12.4 Å². The fraction of sp³-hybridized carbons (Fsp3) is 0.600. The number of unbranched alkanes of at least 4 members (excludes halogenated alkanes) is 6.